The molecule has 1 nitrogen and oxygen atoms in total. The summed E-state index contributed by atoms with van der Waals surface area (Å²) in [7, 11) is 0. The molecule has 1 N–H and O–H groups in total. The van der Waals surface area contributed by atoms with Crippen LogP contribution in [0.1, 0.15) is 30.6 Å². The van der Waals surface area contributed by atoms with E-state index in [4.69, 9.17) is 0 Å². The van der Waals surface area contributed by atoms with Crippen LogP contribution in [0.25, 0.3) is 0 Å². The second kappa shape index (κ2) is 5.92. The Bertz CT molecular complexity index is 265. The van der Waals surface area contributed by atoms with E-state index in [0.717, 1.165) is 12.8 Å². The Balaban J connectivity index is 1.74. The molecule has 0 aliphatic carbocycles. The van der Waals surface area contributed by atoms with Gasteiger partial charge in [0.1, 0.15) is 0 Å². The molecule has 0 saturated carbocycles. The van der Waals surface area contributed by atoms with Crippen molar-refractivity contribution in [2.45, 2.75) is 43.5 Å². The maximum Gasteiger partial charge on any atom is 0.0662 e. The summed E-state index contributed by atoms with van der Waals surface area (Å²) in [6.45, 7) is 0. The van der Waals surface area contributed by atoms with Gasteiger partial charge in [0, 0.05) is 10.1 Å². The summed E-state index contributed by atoms with van der Waals surface area (Å²) < 4.78 is 0. The van der Waals surface area contributed by atoms with E-state index in [-0.39, 0.29) is 6.10 Å². The van der Waals surface area contributed by atoms with Crippen molar-refractivity contribution >= 4 is 23.1 Å². The van der Waals surface area contributed by atoms with Crippen LogP contribution < -0.4 is 0 Å². The van der Waals surface area contributed by atoms with Crippen LogP contribution in [0.5, 0.6) is 0 Å². The molecule has 15 heavy (non-hydrogen) atoms. The van der Waals surface area contributed by atoms with E-state index in [2.05, 4.69) is 17.5 Å². The Morgan fingerprint density at radius 2 is 2.40 bits per heavy atom. The second-order valence-corrected chi connectivity index (χ2v) is 6.47. The molecule has 0 bridgehead atoms. The lowest BCUT2D eigenvalue weighted by atomic mass is 10.0. The molecule has 1 aliphatic rings. The van der Waals surface area contributed by atoms with Crippen molar-refractivity contribution in [1.82, 2.24) is 0 Å². The average molecular weight is 242 g/mol. The zero-order valence-electron chi connectivity index (χ0n) is 8.89. The van der Waals surface area contributed by atoms with Gasteiger partial charge in [-0.25, -0.2) is 0 Å². The standard InChI is InChI=1S/C12H18OS2/c13-11(12-5-1-2-8-15-12)7-6-10-4-3-9-14-10/h3-4,9,11-13H,1-2,5-8H2. The molecule has 0 radical (unpaired) electrons. The van der Waals surface area contributed by atoms with Crippen LogP contribution >= 0.6 is 23.1 Å². The second-order valence-electron chi connectivity index (χ2n) is 4.09. The normalized spacial score (nSPS) is 23.9. The molecule has 1 fully saturated rings. The molecule has 2 unspecified atom stereocenters. The Labute approximate surface area is 99.9 Å². The molecule has 2 atom stereocenters. The molecule has 0 aromatic carbocycles. The van der Waals surface area contributed by atoms with Crippen molar-refractivity contribution < 1.29 is 5.11 Å². The summed E-state index contributed by atoms with van der Waals surface area (Å²) in [5, 5.41) is 12.7. The van der Waals surface area contributed by atoms with Gasteiger partial charge < -0.3 is 5.11 Å². The summed E-state index contributed by atoms with van der Waals surface area (Å²) in [6.07, 6.45) is 5.70. The molecule has 1 aliphatic heterocycles. The molecule has 1 aromatic heterocycles. The number of aryl methyl sites for hydroxylation is 1. The summed E-state index contributed by atoms with van der Waals surface area (Å²) >= 11 is 3.76. The predicted octanol–water partition coefficient (Wildman–Crippen LogP) is 3.33. The number of aliphatic hydroxyl groups excluding tert-OH is 1. The van der Waals surface area contributed by atoms with Crippen molar-refractivity contribution in [1.29, 1.82) is 0 Å². The first-order chi connectivity index (χ1) is 7.36. The van der Waals surface area contributed by atoms with Crippen LogP contribution in [-0.4, -0.2) is 22.2 Å². The topological polar surface area (TPSA) is 20.2 Å². The van der Waals surface area contributed by atoms with E-state index in [1.54, 1.807) is 11.3 Å². The molecule has 3 heteroatoms. The maximum atomic E-state index is 10.1. The highest BCUT2D eigenvalue weighted by atomic mass is 32.2. The van der Waals surface area contributed by atoms with E-state index in [1.807, 2.05) is 11.8 Å². The van der Waals surface area contributed by atoms with Crippen LogP contribution in [0.2, 0.25) is 0 Å². The lowest BCUT2D eigenvalue weighted by molar-refractivity contribution is 0.156. The van der Waals surface area contributed by atoms with Gasteiger partial charge in [0.05, 0.1) is 6.10 Å². The van der Waals surface area contributed by atoms with Gasteiger partial charge >= 0.3 is 0 Å². The summed E-state index contributed by atoms with van der Waals surface area (Å²) in [5.41, 5.74) is 0. The Hall–Kier alpha value is 0.01000. The van der Waals surface area contributed by atoms with E-state index in [0.29, 0.717) is 5.25 Å². The summed E-state index contributed by atoms with van der Waals surface area (Å²) in [5.74, 6) is 1.24. The molecule has 2 heterocycles. The van der Waals surface area contributed by atoms with Gasteiger partial charge in [0.2, 0.25) is 0 Å². The first-order valence-electron chi connectivity index (χ1n) is 5.68. The smallest absolute Gasteiger partial charge is 0.0662 e. The third kappa shape index (κ3) is 3.51. The fourth-order valence-corrected chi connectivity index (χ4v) is 4.09. The Kier molecular flexibility index (Phi) is 4.54. The number of thiophene rings is 1. The highest BCUT2D eigenvalue weighted by Gasteiger charge is 2.21. The van der Waals surface area contributed by atoms with Crippen LogP contribution in [0, 0.1) is 0 Å². The highest BCUT2D eigenvalue weighted by Crippen LogP contribution is 2.29. The molecule has 0 amide bonds. The van der Waals surface area contributed by atoms with Gasteiger partial charge in [-0.05, 0) is 42.9 Å². The first kappa shape index (κ1) is 11.5. The summed E-state index contributed by atoms with van der Waals surface area (Å²) in [4.78, 5) is 1.40. The van der Waals surface area contributed by atoms with Crippen molar-refractivity contribution in [2.24, 2.45) is 0 Å². The van der Waals surface area contributed by atoms with Gasteiger partial charge in [0.15, 0.2) is 0 Å². The lowest BCUT2D eigenvalue weighted by Crippen LogP contribution is -2.26. The number of thioether (sulfide) groups is 1. The van der Waals surface area contributed by atoms with Gasteiger partial charge in [0.25, 0.3) is 0 Å². The quantitative estimate of drug-likeness (QED) is 0.874. The van der Waals surface area contributed by atoms with E-state index in [1.165, 1.54) is 29.9 Å². The Morgan fingerprint density at radius 1 is 1.47 bits per heavy atom. The van der Waals surface area contributed by atoms with Crippen LogP contribution in [-0.2, 0) is 6.42 Å². The fraction of sp³-hybridized carbons (Fsp3) is 0.667. The van der Waals surface area contributed by atoms with Crippen molar-refractivity contribution in [3.8, 4) is 0 Å². The third-order valence-corrected chi connectivity index (χ3v) is 5.35. The predicted molar refractivity (Wildman–Crippen MR) is 68.7 cm³/mol. The number of hydrogen-bond acceptors (Lipinski definition) is 3. The molecular formula is C12H18OS2. The minimum atomic E-state index is -0.0996. The van der Waals surface area contributed by atoms with Crippen molar-refractivity contribution in [3.63, 3.8) is 0 Å². The molecule has 1 saturated heterocycles. The molecule has 0 spiro atoms. The van der Waals surface area contributed by atoms with Crippen molar-refractivity contribution in [2.75, 3.05) is 5.75 Å². The molecule has 2 rings (SSSR count). The van der Waals surface area contributed by atoms with Gasteiger partial charge in [-0.2, -0.15) is 11.8 Å². The number of hydrogen-bond donors (Lipinski definition) is 1. The van der Waals surface area contributed by atoms with E-state index in [9.17, 15) is 5.11 Å². The van der Waals surface area contributed by atoms with E-state index < -0.39 is 0 Å². The first-order valence-corrected chi connectivity index (χ1v) is 7.61. The molecule has 84 valence electrons. The van der Waals surface area contributed by atoms with Gasteiger partial charge in [-0.15, -0.1) is 11.3 Å². The van der Waals surface area contributed by atoms with Crippen LogP contribution in [0.3, 0.4) is 0 Å². The monoisotopic (exact) mass is 242 g/mol. The van der Waals surface area contributed by atoms with Crippen LogP contribution in [0.4, 0.5) is 0 Å². The van der Waals surface area contributed by atoms with Gasteiger partial charge in [-0.1, -0.05) is 12.5 Å². The minimum absolute atomic E-state index is 0.0996. The zero-order chi connectivity index (χ0) is 10.5. The Morgan fingerprint density at radius 3 is 3.07 bits per heavy atom. The minimum Gasteiger partial charge on any atom is -0.392 e. The molecule has 1 aromatic rings. The fourth-order valence-electron chi connectivity index (χ4n) is 2.00. The molecular weight excluding hydrogens is 224 g/mol. The number of aliphatic hydroxyl groups is 1. The maximum absolute atomic E-state index is 10.1. The van der Waals surface area contributed by atoms with E-state index >= 15 is 0 Å². The zero-order valence-corrected chi connectivity index (χ0v) is 10.5. The average Bonchev–Trinajstić information content (AvgIpc) is 2.80. The third-order valence-electron chi connectivity index (χ3n) is 2.91. The number of rotatable bonds is 4. The highest BCUT2D eigenvalue weighted by molar-refractivity contribution is 8.00. The summed E-state index contributed by atoms with van der Waals surface area (Å²) in [6, 6.07) is 4.24. The van der Waals surface area contributed by atoms with Gasteiger partial charge in [-0.3, -0.25) is 0 Å². The van der Waals surface area contributed by atoms with Crippen LogP contribution in [0.15, 0.2) is 17.5 Å². The van der Waals surface area contributed by atoms with Crippen molar-refractivity contribution in [3.05, 3.63) is 22.4 Å². The SMILES string of the molecule is OC(CCc1cccs1)C1CCCCS1. The largest absolute Gasteiger partial charge is 0.392 e. The lowest BCUT2D eigenvalue weighted by Gasteiger charge is -2.25.